The number of nitrogens with one attached hydrogen (secondary N) is 1. The molecule has 4 rings (SSSR count). The largest absolute Gasteiger partial charge is 0.454 e. The van der Waals surface area contributed by atoms with Crippen molar-refractivity contribution in [1.29, 1.82) is 0 Å². The number of amides is 1. The van der Waals surface area contributed by atoms with E-state index in [9.17, 15) is 9.59 Å². The van der Waals surface area contributed by atoms with Gasteiger partial charge in [0.2, 0.25) is 6.79 Å². The van der Waals surface area contributed by atoms with Gasteiger partial charge in [0.25, 0.3) is 5.91 Å². The molecule has 28 heavy (non-hydrogen) atoms. The Morgan fingerprint density at radius 2 is 1.89 bits per heavy atom. The Bertz CT molecular complexity index is 952. The highest BCUT2D eigenvalue weighted by Crippen LogP contribution is 2.36. The summed E-state index contributed by atoms with van der Waals surface area (Å²) in [6, 6.07) is 13.0. The molecule has 0 saturated carbocycles. The van der Waals surface area contributed by atoms with Crippen LogP contribution >= 0.6 is 0 Å². The van der Waals surface area contributed by atoms with E-state index in [1.165, 1.54) is 0 Å². The van der Waals surface area contributed by atoms with Crippen molar-refractivity contribution in [2.75, 3.05) is 13.3 Å². The number of benzene rings is 2. The number of rotatable bonds is 4. The summed E-state index contributed by atoms with van der Waals surface area (Å²) < 4.78 is 16.3. The predicted molar refractivity (Wildman–Crippen MR) is 103 cm³/mol. The van der Waals surface area contributed by atoms with E-state index in [4.69, 9.17) is 14.2 Å². The predicted octanol–water partition coefficient (Wildman–Crippen LogP) is 2.98. The van der Waals surface area contributed by atoms with E-state index in [-0.39, 0.29) is 18.1 Å². The maximum Gasteiger partial charge on any atom is 0.339 e. The highest BCUT2D eigenvalue weighted by molar-refractivity contribution is 5.97. The van der Waals surface area contributed by atoms with Crippen LogP contribution in [0.1, 0.15) is 42.3 Å². The molecule has 1 N–H and O–H groups in total. The molecule has 6 heteroatoms. The average Bonchev–Trinajstić information content (AvgIpc) is 3.14. The molecule has 2 heterocycles. The topological polar surface area (TPSA) is 73.9 Å². The second kappa shape index (κ2) is 6.55. The maximum absolute atomic E-state index is 12.9. The van der Waals surface area contributed by atoms with Gasteiger partial charge in [-0.15, -0.1) is 0 Å². The maximum atomic E-state index is 12.9. The van der Waals surface area contributed by atoms with E-state index in [1.807, 2.05) is 44.2 Å². The third kappa shape index (κ3) is 3.19. The lowest BCUT2D eigenvalue weighted by Crippen LogP contribution is -2.53. The van der Waals surface area contributed by atoms with Crippen LogP contribution in [-0.2, 0) is 21.4 Å². The van der Waals surface area contributed by atoms with Crippen molar-refractivity contribution < 1.29 is 23.8 Å². The van der Waals surface area contributed by atoms with Crippen molar-refractivity contribution in [3.63, 3.8) is 0 Å². The van der Waals surface area contributed by atoms with Gasteiger partial charge in [-0.05, 0) is 36.2 Å². The minimum absolute atomic E-state index is 0.223. The number of carbonyl (C=O) groups is 2. The summed E-state index contributed by atoms with van der Waals surface area (Å²) in [4.78, 5) is 25.2. The number of hydrogen-bond donors (Lipinski definition) is 1. The van der Waals surface area contributed by atoms with Gasteiger partial charge in [0.15, 0.2) is 17.1 Å². The van der Waals surface area contributed by atoms with Crippen LogP contribution in [0.15, 0.2) is 42.5 Å². The zero-order chi connectivity index (χ0) is 19.9. The number of ether oxygens (including phenoxy) is 3. The van der Waals surface area contributed by atoms with Crippen LogP contribution in [0.25, 0.3) is 0 Å². The smallest absolute Gasteiger partial charge is 0.339 e. The van der Waals surface area contributed by atoms with Crippen LogP contribution in [0, 0.1) is 0 Å². The van der Waals surface area contributed by atoms with Crippen molar-refractivity contribution in [2.24, 2.45) is 0 Å². The molecule has 0 spiro atoms. The van der Waals surface area contributed by atoms with Gasteiger partial charge < -0.3 is 19.5 Å². The Kier molecular flexibility index (Phi) is 4.29. The van der Waals surface area contributed by atoms with Crippen molar-refractivity contribution >= 4 is 11.9 Å². The van der Waals surface area contributed by atoms with E-state index in [2.05, 4.69) is 5.32 Å². The standard InChI is InChI=1S/C22H23NO5/c1-21(2,15-8-9-17-18(10-15)27-13-26-17)12-23-20(25)22(3)11-14-6-4-5-7-16(14)19(24)28-22/h4-10H,11-13H2,1-3H3,(H,23,25). The Labute approximate surface area is 163 Å². The molecule has 0 bridgehead atoms. The molecule has 0 saturated heterocycles. The van der Waals surface area contributed by atoms with E-state index in [0.717, 1.165) is 16.9 Å². The molecule has 0 radical (unpaired) electrons. The molecule has 2 aliphatic heterocycles. The van der Waals surface area contributed by atoms with Crippen LogP contribution in [0.3, 0.4) is 0 Å². The van der Waals surface area contributed by atoms with Crippen molar-refractivity contribution in [3.05, 3.63) is 59.2 Å². The molecule has 2 aliphatic rings. The minimum Gasteiger partial charge on any atom is -0.454 e. The number of esters is 1. The lowest BCUT2D eigenvalue weighted by molar-refractivity contribution is -0.140. The second-order valence-corrected chi connectivity index (χ2v) is 8.09. The van der Waals surface area contributed by atoms with E-state index in [1.54, 1.807) is 19.1 Å². The summed E-state index contributed by atoms with van der Waals surface area (Å²) in [5, 5.41) is 2.96. The van der Waals surface area contributed by atoms with Gasteiger partial charge in [0.1, 0.15) is 0 Å². The first-order valence-electron chi connectivity index (χ1n) is 9.28. The van der Waals surface area contributed by atoms with Gasteiger partial charge in [-0.1, -0.05) is 38.1 Å². The fourth-order valence-electron chi connectivity index (χ4n) is 3.57. The quantitative estimate of drug-likeness (QED) is 0.825. The lowest BCUT2D eigenvalue weighted by Gasteiger charge is -2.34. The number of fused-ring (bicyclic) bond motifs is 2. The summed E-state index contributed by atoms with van der Waals surface area (Å²) in [6.07, 6.45) is 0.352. The van der Waals surface area contributed by atoms with E-state index >= 15 is 0 Å². The summed E-state index contributed by atoms with van der Waals surface area (Å²) in [5.41, 5.74) is 0.799. The van der Waals surface area contributed by atoms with Gasteiger partial charge in [-0.3, -0.25) is 4.79 Å². The Morgan fingerprint density at radius 1 is 1.14 bits per heavy atom. The van der Waals surface area contributed by atoms with Crippen LogP contribution in [0.2, 0.25) is 0 Å². The SMILES string of the molecule is CC1(C(=O)NCC(C)(C)c2ccc3c(c2)OCO3)Cc2ccccc2C(=O)O1. The lowest BCUT2D eigenvalue weighted by atomic mass is 9.83. The van der Waals surface area contributed by atoms with Gasteiger partial charge >= 0.3 is 5.97 Å². The summed E-state index contributed by atoms with van der Waals surface area (Å²) in [5.74, 6) is 0.671. The third-order valence-electron chi connectivity index (χ3n) is 5.41. The monoisotopic (exact) mass is 381 g/mol. The first-order valence-corrected chi connectivity index (χ1v) is 9.28. The van der Waals surface area contributed by atoms with Crippen LogP contribution in [-0.4, -0.2) is 30.8 Å². The molecule has 0 fully saturated rings. The zero-order valence-electron chi connectivity index (χ0n) is 16.2. The summed E-state index contributed by atoms with van der Waals surface area (Å²) >= 11 is 0. The molecule has 2 aromatic rings. The molecule has 1 unspecified atom stereocenters. The summed E-state index contributed by atoms with van der Waals surface area (Å²) in [7, 11) is 0. The molecule has 6 nitrogen and oxygen atoms in total. The number of hydrogen-bond acceptors (Lipinski definition) is 5. The van der Waals surface area contributed by atoms with Crippen molar-refractivity contribution in [1.82, 2.24) is 5.32 Å². The van der Waals surface area contributed by atoms with Gasteiger partial charge in [-0.25, -0.2) is 4.79 Å². The Morgan fingerprint density at radius 3 is 2.71 bits per heavy atom. The molecule has 146 valence electrons. The zero-order valence-corrected chi connectivity index (χ0v) is 16.2. The van der Waals surface area contributed by atoms with Crippen molar-refractivity contribution in [2.45, 2.75) is 38.2 Å². The first kappa shape index (κ1) is 18.3. The van der Waals surface area contributed by atoms with Crippen LogP contribution < -0.4 is 14.8 Å². The molecule has 0 aromatic heterocycles. The van der Waals surface area contributed by atoms with E-state index in [0.29, 0.717) is 24.3 Å². The average molecular weight is 381 g/mol. The van der Waals surface area contributed by atoms with Gasteiger partial charge in [-0.2, -0.15) is 0 Å². The first-order chi connectivity index (χ1) is 13.3. The van der Waals surface area contributed by atoms with Crippen LogP contribution in [0.5, 0.6) is 11.5 Å². The summed E-state index contributed by atoms with van der Waals surface area (Å²) in [6.45, 7) is 6.34. The molecule has 0 aliphatic carbocycles. The highest BCUT2D eigenvalue weighted by atomic mass is 16.7. The number of carbonyl (C=O) groups excluding carboxylic acids is 2. The fraction of sp³-hybridized carbons (Fsp3) is 0.364. The highest BCUT2D eigenvalue weighted by Gasteiger charge is 2.43. The molecule has 2 aromatic carbocycles. The molecule has 1 amide bonds. The Balaban J connectivity index is 1.47. The van der Waals surface area contributed by atoms with Crippen LogP contribution in [0.4, 0.5) is 0 Å². The minimum atomic E-state index is -1.23. The third-order valence-corrected chi connectivity index (χ3v) is 5.41. The normalized spacial score (nSPS) is 20.3. The van der Waals surface area contributed by atoms with Crippen molar-refractivity contribution in [3.8, 4) is 11.5 Å². The van der Waals surface area contributed by atoms with E-state index < -0.39 is 11.6 Å². The Hall–Kier alpha value is -3.02. The molecular weight excluding hydrogens is 358 g/mol. The van der Waals surface area contributed by atoms with Gasteiger partial charge in [0, 0.05) is 18.4 Å². The number of cyclic esters (lactones) is 1. The fourth-order valence-corrected chi connectivity index (χ4v) is 3.57. The second-order valence-electron chi connectivity index (χ2n) is 8.09. The van der Waals surface area contributed by atoms with Gasteiger partial charge in [0.05, 0.1) is 5.56 Å². The molecular formula is C22H23NO5. The molecule has 1 atom stereocenters.